The maximum atomic E-state index is 12.6. The average Bonchev–Trinajstić information content (AvgIpc) is 3.08. The Morgan fingerprint density at radius 2 is 2.06 bits per heavy atom. The minimum absolute atomic E-state index is 0.109. The molecular weight excluding hydrogens is 427 g/mol. The second-order valence-electron chi connectivity index (χ2n) is 7.83. The number of aromatic amines is 1. The van der Waals surface area contributed by atoms with Gasteiger partial charge in [0.2, 0.25) is 0 Å². The highest BCUT2D eigenvalue weighted by molar-refractivity contribution is 5.94. The number of ether oxygens (including phenoxy) is 2. The molecule has 1 amide bonds. The summed E-state index contributed by atoms with van der Waals surface area (Å²) in [7, 11) is 0. The van der Waals surface area contributed by atoms with Crippen LogP contribution in [0.5, 0.6) is 5.75 Å². The van der Waals surface area contributed by atoms with E-state index in [2.05, 4.69) is 25.0 Å². The summed E-state index contributed by atoms with van der Waals surface area (Å²) in [5, 5.41) is 3.35. The Kier molecular flexibility index (Phi) is 5.78. The third-order valence-electron chi connectivity index (χ3n) is 5.48. The largest absolute Gasteiger partial charge is 0.573 e. The normalized spacial score (nSPS) is 16.2. The summed E-state index contributed by atoms with van der Waals surface area (Å²) in [5.41, 5.74) is 8.08. The third kappa shape index (κ3) is 4.83. The number of nitrogens with one attached hydrogen (secondary N) is 2. The van der Waals surface area contributed by atoms with Crippen LogP contribution in [0.1, 0.15) is 28.9 Å². The fourth-order valence-corrected chi connectivity index (χ4v) is 3.66. The van der Waals surface area contributed by atoms with E-state index in [1.165, 1.54) is 30.6 Å². The minimum atomic E-state index is -4.78. The lowest BCUT2D eigenvalue weighted by Crippen LogP contribution is -2.53. The Morgan fingerprint density at radius 1 is 1.31 bits per heavy atom. The number of alkyl halides is 3. The minimum Gasteiger partial charge on any atom is -0.406 e. The monoisotopic (exact) mass is 449 g/mol. The summed E-state index contributed by atoms with van der Waals surface area (Å²) in [4.78, 5) is 24.2. The molecule has 3 aromatic rings. The summed E-state index contributed by atoms with van der Waals surface area (Å²) in [5.74, 6) is -0.730. The van der Waals surface area contributed by atoms with Crippen molar-refractivity contribution in [3.63, 3.8) is 0 Å². The number of fused-ring (bicyclic) bond motifs is 1. The molecule has 0 saturated carbocycles. The molecule has 1 aliphatic heterocycles. The Hall–Kier alpha value is -3.18. The van der Waals surface area contributed by atoms with E-state index in [1.54, 1.807) is 6.92 Å². The molecule has 1 aliphatic rings. The van der Waals surface area contributed by atoms with Gasteiger partial charge in [-0.2, -0.15) is 0 Å². The summed E-state index contributed by atoms with van der Waals surface area (Å²) in [6.07, 6.45) is -0.662. The number of carbonyl (C=O) groups excluding carboxylic acids is 1. The van der Waals surface area contributed by atoms with E-state index < -0.39 is 17.8 Å². The fraction of sp³-hybridized carbons (Fsp3) is 0.381. The summed E-state index contributed by atoms with van der Waals surface area (Å²) >= 11 is 0. The maximum Gasteiger partial charge on any atom is 0.573 e. The van der Waals surface area contributed by atoms with E-state index in [1.807, 2.05) is 0 Å². The second kappa shape index (κ2) is 8.40. The van der Waals surface area contributed by atoms with Crippen molar-refractivity contribution in [1.82, 2.24) is 20.3 Å². The highest BCUT2D eigenvalue weighted by atomic mass is 19.4. The van der Waals surface area contributed by atoms with E-state index in [9.17, 15) is 18.0 Å². The van der Waals surface area contributed by atoms with Gasteiger partial charge in [-0.1, -0.05) is 0 Å². The summed E-state index contributed by atoms with van der Waals surface area (Å²) in [6, 6.07) is 4.02. The van der Waals surface area contributed by atoms with Gasteiger partial charge >= 0.3 is 6.36 Å². The molecule has 0 spiro atoms. The lowest BCUT2D eigenvalue weighted by molar-refractivity contribution is -0.274. The quantitative estimate of drug-likeness (QED) is 0.552. The lowest BCUT2D eigenvalue weighted by atomic mass is 9.91. The molecule has 0 aliphatic carbocycles. The molecule has 8 nitrogen and oxygen atoms in total. The first-order valence-corrected chi connectivity index (χ1v) is 9.99. The Bertz CT molecular complexity index is 1140. The zero-order valence-electron chi connectivity index (χ0n) is 17.3. The molecule has 3 heterocycles. The Balaban J connectivity index is 1.56. The number of halogens is 3. The summed E-state index contributed by atoms with van der Waals surface area (Å²) < 4.78 is 46.9. The van der Waals surface area contributed by atoms with Crippen LogP contribution >= 0.6 is 0 Å². The molecule has 4 rings (SSSR count). The number of rotatable bonds is 5. The number of nitrogens with zero attached hydrogens (tertiary/aromatic N) is 2. The van der Waals surface area contributed by atoms with Crippen molar-refractivity contribution < 1.29 is 27.4 Å². The number of hydrogen-bond acceptors (Lipinski definition) is 6. The van der Waals surface area contributed by atoms with Crippen molar-refractivity contribution in [2.75, 3.05) is 19.8 Å². The van der Waals surface area contributed by atoms with E-state index in [4.69, 9.17) is 10.5 Å². The molecule has 170 valence electrons. The van der Waals surface area contributed by atoms with Gasteiger partial charge in [0.25, 0.3) is 5.91 Å². The van der Waals surface area contributed by atoms with Crippen molar-refractivity contribution in [3.8, 4) is 17.1 Å². The fourth-order valence-electron chi connectivity index (χ4n) is 3.66. The van der Waals surface area contributed by atoms with E-state index >= 15 is 0 Å². The first-order chi connectivity index (χ1) is 15.1. The van der Waals surface area contributed by atoms with Crippen LogP contribution in [0, 0.1) is 6.92 Å². The Morgan fingerprint density at radius 3 is 2.78 bits per heavy atom. The standard InChI is InChI=1S/C21H22F3N5O3/c1-12-14-8-13(32-21(22,23)24)2-3-15(14)29-18(12)16-9-26-10-17(28-16)19(30)27-11-20(25)4-6-31-7-5-20/h2-3,8-10,29H,4-7,11,25H2,1H3,(H,27,30). The van der Waals surface area contributed by atoms with Crippen LogP contribution in [0.4, 0.5) is 13.2 Å². The molecule has 11 heteroatoms. The number of nitrogens with two attached hydrogens (primary N) is 1. The molecular formula is C21H22F3N5O3. The Labute approximate surface area is 181 Å². The highest BCUT2D eigenvalue weighted by Gasteiger charge is 2.31. The first kappa shape index (κ1) is 22.0. The van der Waals surface area contributed by atoms with Gasteiger partial charge in [0, 0.05) is 36.2 Å². The number of carbonyl (C=O) groups is 1. The molecule has 1 saturated heterocycles. The van der Waals surface area contributed by atoms with Gasteiger partial charge in [-0.3, -0.25) is 9.78 Å². The van der Waals surface area contributed by atoms with Gasteiger partial charge in [-0.05, 0) is 43.5 Å². The number of H-pyrrole nitrogens is 1. The van der Waals surface area contributed by atoms with Crippen LogP contribution in [0.25, 0.3) is 22.3 Å². The SMILES string of the molecule is Cc1c(-c2cncc(C(=O)NCC3(N)CCOCC3)n2)[nH]c2ccc(OC(F)(F)F)cc12. The molecule has 0 radical (unpaired) electrons. The second-order valence-corrected chi connectivity index (χ2v) is 7.83. The predicted octanol–water partition coefficient (Wildman–Crippen LogP) is 3.07. The van der Waals surface area contributed by atoms with Crippen molar-refractivity contribution in [2.45, 2.75) is 31.7 Å². The topological polar surface area (TPSA) is 115 Å². The van der Waals surface area contributed by atoms with Crippen molar-refractivity contribution in [1.29, 1.82) is 0 Å². The van der Waals surface area contributed by atoms with Crippen molar-refractivity contribution in [2.24, 2.45) is 5.73 Å². The molecule has 0 unspecified atom stereocenters. The maximum absolute atomic E-state index is 12.6. The van der Waals surface area contributed by atoms with Gasteiger partial charge in [-0.15, -0.1) is 13.2 Å². The van der Waals surface area contributed by atoms with Gasteiger partial charge in [-0.25, -0.2) is 4.98 Å². The molecule has 4 N–H and O–H groups in total. The molecule has 1 aromatic carbocycles. The summed E-state index contributed by atoms with van der Waals surface area (Å²) in [6.45, 7) is 3.13. The molecule has 0 bridgehead atoms. The van der Waals surface area contributed by atoms with Crippen LogP contribution in [-0.2, 0) is 4.74 Å². The molecule has 32 heavy (non-hydrogen) atoms. The van der Waals surface area contributed by atoms with Gasteiger partial charge in [0.05, 0.1) is 18.1 Å². The zero-order valence-corrected chi connectivity index (χ0v) is 17.3. The lowest BCUT2D eigenvalue weighted by Gasteiger charge is -2.33. The van der Waals surface area contributed by atoms with E-state index in [0.29, 0.717) is 53.9 Å². The van der Waals surface area contributed by atoms with E-state index in [0.717, 1.165) is 0 Å². The zero-order chi connectivity index (χ0) is 22.9. The number of hydrogen-bond donors (Lipinski definition) is 3. The number of benzene rings is 1. The van der Waals surface area contributed by atoms with Gasteiger partial charge < -0.3 is 25.5 Å². The smallest absolute Gasteiger partial charge is 0.406 e. The van der Waals surface area contributed by atoms with Crippen LogP contribution in [0.3, 0.4) is 0 Å². The van der Waals surface area contributed by atoms with Gasteiger partial charge in [0.1, 0.15) is 17.1 Å². The van der Waals surface area contributed by atoms with E-state index in [-0.39, 0.29) is 18.0 Å². The third-order valence-corrected chi connectivity index (χ3v) is 5.48. The van der Waals surface area contributed by atoms with Crippen LogP contribution in [0.2, 0.25) is 0 Å². The molecule has 0 atom stereocenters. The average molecular weight is 449 g/mol. The van der Waals surface area contributed by atoms with Crippen LogP contribution < -0.4 is 15.8 Å². The number of aromatic nitrogens is 3. The van der Waals surface area contributed by atoms with Crippen LogP contribution in [0.15, 0.2) is 30.6 Å². The first-order valence-electron chi connectivity index (χ1n) is 9.99. The molecule has 1 fully saturated rings. The predicted molar refractivity (Wildman–Crippen MR) is 110 cm³/mol. The molecule has 2 aromatic heterocycles. The number of aryl methyl sites for hydroxylation is 1. The van der Waals surface area contributed by atoms with Crippen LogP contribution in [-0.4, -0.2) is 52.5 Å². The number of amides is 1. The van der Waals surface area contributed by atoms with Crippen molar-refractivity contribution in [3.05, 3.63) is 41.9 Å². The van der Waals surface area contributed by atoms with Gasteiger partial charge in [0.15, 0.2) is 0 Å². The highest BCUT2D eigenvalue weighted by Crippen LogP contribution is 2.32. The van der Waals surface area contributed by atoms with Crippen molar-refractivity contribution >= 4 is 16.8 Å².